The highest BCUT2D eigenvalue weighted by Crippen LogP contribution is 2.18. The van der Waals surface area contributed by atoms with Crippen molar-refractivity contribution in [1.82, 2.24) is 10.2 Å². The molecular weight excluding hydrogens is 388 g/mol. The lowest BCUT2D eigenvalue weighted by atomic mass is 10.2. The zero-order valence-electron chi connectivity index (χ0n) is 13.9. The van der Waals surface area contributed by atoms with Gasteiger partial charge in [0.15, 0.2) is 0 Å². The number of carbonyl (C=O) groups is 2. The van der Waals surface area contributed by atoms with Crippen LogP contribution in [0.2, 0.25) is 5.02 Å². The van der Waals surface area contributed by atoms with E-state index in [0.29, 0.717) is 23.7 Å². The molecule has 3 aromatic rings. The van der Waals surface area contributed by atoms with E-state index in [1.54, 1.807) is 51.8 Å². The fraction of sp³-hybridized carbons (Fsp3) is 0.158. The van der Waals surface area contributed by atoms with Gasteiger partial charge in [-0.15, -0.1) is 22.7 Å². The van der Waals surface area contributed by atoms with Crippen molar-refractivity contribution in [2.75, 3.05) is 6.54 Å². The van der Waals surface area contributed by atoms with E-state index in [1.165, 1.54) is 0 Å². The Morgan fingerprint density at radius 2 is 1.54 bits per heavy atom. The van der Waals surface area contributed by atoms with Crippen molar-refractivity contribution in [3.05, 3.63) is 79.6 Å². The third-order valence-corrected chi connectivity index (χ3v) is 5.78. The molecule has 134 valence electrons. The van der Waals surface area contributed by atoms with Crippen LogP contribution in [-0.2, 0) is 17.9 Å². The molecule has 0 spiro atoms. The Bertz CT molecular complexity index is 827. The minimum absolute atomic E-state index is 0.0686. The normalized spacial score (nSPS) is 10.5. The smallest absolute Gasteiger partial charge is 0.253 e. The molecule has 2 aromatic heterocycles. The molecule has 0 aliphatic heterocycles. The van der Waals surface area contributed by atoms with Gasteiger partial charge in [0.2, 0.25) is 5.91 Å². The van der Waals surface area contributed by atoms with E-state index in [0.717, 1.165) is 9.75 Å². The number of carbonyl (C=O) groups excluding carboxylic acids is 2. The molecule has 0 unspecified atom stereocenters. The summed E-state index contributed by atoms with van der Waals surface area (Å²) in [6.45, 7) is 0.980. The third-order valence-electron chi connectivity index (χ3n) is 3.72. The first kappa shape index (κ1) is 18.6. The molecule has 26 heavy (non-hydrogen) atoms. The van der Waals surface area contributed by atoms with Crippen molar-refractivity contribution in [2.24, 2.45) is 0 Å². The summed E-state index contributed by atoms with van der Waals surface area (Å²) in [4.78, 5) is 28.9. The van der Waals surface area contributed by atoms with E-state index in [-0.39, 0.29) is 18.4 Å². The van der Waals surface area contributed by atoms with Crippen LogP contribution in [0.25, 0.3) is 0 Å². The van der Waals surface area contributed by atoms with E-state index >= 15 is 0 Å². The van der Waals surface area contributed by atoms with Gasteiger partial charge in [-0.2, -0.15) is 0 Å². The topological polar surface area (TPSA) is 49.4 Å². The molecule has 7 heteroatoms. The second-order valence-corrected chi connectivity index (χ2v) is 8.04. The van der Waals surface area contributed by atoms with Crippen LogP contribution in [0, 0.1) is 0 Å². The summed E-state index contributed by atoms with van der Waals surface area (Å²) in [7, 11) is 0. The number of amides is 2. The molecule has 0 bridgehead atoms. The van der Waals surface area contributed by atoms with E-state index in [4.69, 9.17) is 11.6 Å². The Morgan fingerprint density at radius 1 is 0.923 bits per heavy atom. The van der Waals surface area contributed by atoms with E-state index in [2.05, 4.69) is 5.32 Å². The van der Waals surface area contributed by atoms with Crippen LogP contribution in [-0.4, -0.2) is 23.3 Å². The largest absolute Gasteiger partial charge is 0.343 e. The molecule has 0 fully saturated rings. The van der Waals surface area contributed by atoms with Gasteiger partial charge < -0.3 is 10.2 Å². The molecule has 0 aliphatic carbocycles. The molecule has 1 aromatic carbocycles. The lowest BCUT2D eigenvalue weighted by Gasteiger charge is -2.22. The van der Waals surface area contributed by atoms with E-state index in [9.17, 15) is 9.59 Å². The van der Waals surface area contributed by atoms with Crippen LogP contribution >= 0.6 is 34.3 Å². The first-order valence-corrected chi connectivity index (χ1v) is 10.1. The van der Waals surface area contributed by atoms with Crippen molar-refractivity contribution >= 4 is 46.1 Å². The maximum Gasteiger partial charge on any atom is 0.253 e. The SMILES string of the molecule is O=C(NCC(=O)N(Cc1cccs1)Cc1cccs1)c1ccccc1Cl. The molecule has 3 rings (SSSR count). The minimum Gasteiger partial charge on any atom is -0.343 e. The van der Waals surface area contributed by atoms with Gasteiger partial charge in [-0.3, -0.25) is 9.59 Å². The second kappa shape index (κ2) is 8.98. The molecule has 0 saturated heterocycles. The van der Waals surface area contributed by atoms with E-state index < -0.39 is 0 Å². The highest BCUT2D eigenvalue weighted by atomic mass is 35.5. The average molecular weight is 405 g/mol. The number of nitrogens with one attached hydrogen (secondary N) is 1. The summed E-state index contributed by atoms with van der Waals surface area (Å²) in [5.41, 5.74) is 0.366. The third kappa shape index (κ3) is 4.94. The van der Waals surface area contributed by atoms with Gasteiger partial charge in [-0.05, 0) is 35.0 Å². The summed E-state index contributed by atoms with van der Waals surface area (Å²) >= 11 is 9.25. The molecule has 2 heterocycles. The molecule has 2 amide bonds. The monoisotopic (exact) mass is 404 g/mol. The van der Waals surface area contributed by atoms with Crippen LogP contribution in [0.15, 0.2) is 59.3 Å². The van der Waals surface area contributed by atoms with Crippen LogP contribution in [0.4, 0.5) is 0 Å². The minimum atomic E-state index is -0.351. The van der Waals surface area contributed by atoms with Gasteiger partial charge >= 0.3 is 0 Å². The fourth-order valence-electron chi connectivity index (χ4n) is 2.42. The Kier molecular flexibility index (Phi) is 6.44. The average Bonchev–Trinajstić information content (AvgIpc) is 3.33. The number of rotatable bonds is 7. The van der Waals surface area contributed by atoms with Crippen molar-refractivity contribution in [1.29, 1.82) is 0 Å². The fourth-order valence-corrected chi connectivity index (χ4v) is 4.08. The van der Waals surface area contributed by atoms with Crippen LogP contribution in [0.1, 0.15) is 20.1 Å². The van der Waals surface area contributed by atoms with Crippen molar-refractivity contribution in [3.63, 3.8) is 0 Å². The summed E-state index contributed by atoms with van der Waals surface area (Å²) in [5, 5.41) is 7.02. The molecule has 0 saturated carbocycles. The molecule has 0 aliphatic rings. The highest BCUT2D eigenvalue weighted by Gasteiger charge is 2.18. The molecule has 4 nitrogen and oxygen atoms in total. The predicted octanol–water partition coefficient (Wildman–Crippen LogP) is 4.42. The number of benzene rings is 1. The van der Waals surface area contributed by atoms with Gasteiger partial charge in [0.25, 0.3) is 5.91 Å². The van der Waals surface area contributed by atoms with Crippen molar-refractivity contribution < 1.29 is 9.59 Å². The standard InChI is InChI=1S/C19H17ClN2O2S2/c20-17-8-2-1-7-16(17)19(24)21-11-18(23)22(12-14-5-3-9-25-14)13-15-6-4-10-26-15/h1-10H,11-13H2,(H,21,24). The number of thiophene rings is 2. The summed E-state index contributed by atoms with van der Waals surface area (Å²) in [6, 6.07) is 14.7. The Labute approximate surface area is 165 Å². The maximum atomic E-state index is 12.7. The first-order valence-electron chi connectivity index (χ1n) is 7.99. The van der Waals surface area contributed by atoms with Crippen LogP contribution in [0.5, 0.6) is 0 Å². The second-order valence-electron chi connectivity index (χ2n) is 5.57. The highest BCUT2D eigenvalue weighted by molar-refractivity contribution is 7.10. The first-order chi connectivity index (χ1) is 12.6. The molecular formula is C19H17ClN2O2S2. The van der Waals surface area contributed by atoms with Gasteiger partial charge in [0.1, 0.15) is 0 Å². The zero-order valence-corrected chi connectivity index (χ0v) is 16.2. The molecule has 0 radical (unpaired) electrons. The van der Waals surface area contributed by atoms with E-state index in [1.807, 2.05) is 35.0 Å². The summed E-state index contributed by atoms with van der Waals surface area (Å²) in [5.74, 6) is -0.483. The Hall–Kier alpha value is -2.15. The Morgan fingerprint density at radius 3 is 2.08 bits per heavy atom. The summed E-state index contributed by atoms with van der Waals surface area (Å²) < 4.78 is 0. The van der Waals surface area contributed by atoms with Gasteiger partial charge in [-0.25, -0.2) is 0 Å². The van der Waals surface area contributed by atoms with Crippen LogP contribution in [0.3, 0.4) is 0 Å². The van der Waals surface area contributed by atoms with Gasteiger partial charge in [0, 0.05) is 9.75 Å². The quantitative estimate of drug-likeness (QED) is 0.633. The number of halogens is 1. The Balaban J connectivity index is 1.64. The lowest BCUT2D eigenvalue weighted by Crippen LogP contribution is -2.39. The summed E-state index contributed by atoms with van der Waals surface area (Å²) in [6.07, 6.45) is 0. The lowest BCUT2D eigenvalue weighted by molar-refractivity contribution is -0.131. The van der Waals surface area contributed by atoms with Crippen LogP contribution < -0.4 is 5.32 Å². The van der Waals surface area contributed by atoms with Crippen molar-refractivity contribution in [2.45, 2.75) is 13.1 Å². The predicted molar refractivity (Wildman–Crippen MR) is 107 cm³/mol. The zero-order chi connectivity index (χ0) is 18.4. The number of hydrogen-bond donors (Lipinski definition) is 1. The molecule has 1 N–H and O–H groups in total. The number of nitrogens with zero attached hydrogens (tertiary/aromatic N) is 1. The number of hydrogen-bond acceptors (Lipinski definition) is 4. The molecule has 0 atom stereocenters. The van der Waals surface area contributed by atoms with Gasteiger partial charge in [0.05, 0.1) is 30.2 Å². The maximum absolute atomic E-state index is 12.7. The van der Waals surface area contributed by atoms with Crippen molar-refractivity contribution in [3.8, 4) is 0 Å². The van der Waals surface area contributed by atoms with Gasteiger partial charge in [-0.1, -0.05) is 35.9 Å².